The molecule has 8 nitrogen and oxygen atoms in total. The molecule has 0 atom stereocenters. The van der Waals surface area contributed by atoms with Crippen LogP contribution in [0.15, 0.2) is 85.6 Å². The Hall–Kier alpha value is -3.94. The van der Waals surface area contributed by atoms with E-state index in [9.17, 15) is 19.2 Å². The highest BCUT2D eigenvalue weighted by Gasteiger charge is 1.95. The Morgan fingerprint density at radius 3 is 1.00 bits per heavy atom. The van der Waals surface area contributed by atoms with Gasteiger partial charge in [-0.3, -0.25) is 9.59 Å². The van der Waals surface area contributed by atoms with Crippen LogP contribution >= 0.6 is 0 Å². The lowest BCUT2D eigenvalue weighted by atomic mass is 10.3. The topological polar surface area (TPSA) is 111 Å². The molecular weight excluding hydrogens is 496 g/mol. The monoisotopic (exact) mass is 552 g/mol. The van der Waals surface area contributed by atoms with Crippen LogP contribution < -0.4 is 10.6 Å². The summed E-state index contributed by atoms with van der Waals surface area (Å²) < 4.78 is 8.42. The van der Waals surface area contributed by atoms with Gasteiger partial charge < -0.3 is 20.1 Å². The molecule has 0 aromatic rings. The average molecular weight is 553 g/mol. The first-order valence-corrected chi connectivity index (χ1v) is 12.0. The number of hydrogen-bond donors (Lipinski definition) is 2. The van der Waals surface area contributed by atoms with Crippen LogP contribution in [0.25, 0.3) is 0 Å². The van der Waals surface area contributed by atoms with Crippen LogP contribution in [-0.4, -0.2) is 52.1 Å². The summed E-state index contributed by atoms with van der Waals surface area (Å²) in [7, 11) is 5.78. The highest BCUT2D eigenvalue weighted by molar-refractivity contribution is 5.91. The zero-order valence-corrected chi connectivity index (χ0v) is 26.8. The van der Waals surface area contributed by atoms with Crippen molar-refractivity contribution in [2.45, 2.75) is 62.3 Å². The van der Waals surface area contributed by atoms with Crippen LogP contribution in [0, 0.1) is 0 Å². The van der Waals surface area contributed by atoms with E-state index >= 15 is 0 Å². The van der Waals surface area contributed by atoms with Crippen molar-refractivity contribution in [2.24, 2.45) is 0 Å². The summed E-state index contributed by atoms with van der Waals surface area (Å²) in [6, 6.07) is 0. The van der Waals surface area contributed by atoms with E-state index in [1.54, 1.807) is 27.9 Å². The van der Waals surface area contributed by atoms with Crippen molar-refractivity contribution in [1.82, 2.24) is 10.6 Å². The summed E-state index contributed by atoms with van der Waals surface area (Å²) >= 11 is 0. The predicted molar refractivity (Wildman–Crippen MR) is 168 cm³/mol. The Morgan fingerprint density at radius 2 is 1.00 bits per heavy atom. The molecule has 0 rings (SSSR count). The molecule has 8 heteroatoms. The molecule has 0 aromatic heterocycles. The van der Waals surface area contributed by atoms with E-state index in [2.05, 4.69) is 66.3 Å². The summed E-state index contributed by atoms with van der Waals surface area (Å²) in [5, 5.41) is 4.78. The van der Waals surface area contributed by atoms with Gasteiger partial charge in [-0.2, -0.15) is 0 Å². The van der Waals surface area contributed by atoms with Gasteiger partial charge >= 0.3 is 11.9 Å². The van der Waals surface area contributed by atoms with Gasteiger partial charge in [0.1, 0.15) is 0 Å². The molecule has 2 N–H and O–H groups in total. The van der Waals surface area contributed by atoms with E-state index < -0.39 is 5.97 Å². The lowest BCUT2D eigenvalue weighted by Crippen LogP contribution is -2.17. The molecule has 0 aliphatic carbocycles. The number of amides is 2. The number of allylic oxidation sites excluding steroid dienone is 6. The maximum Gasteiger partial charge on any atom is 0.332 e. The highest BCUT2D eigenvalue weighted by atomic mass is 16.5. The number of ether oxygens (including phenoxy) is 2. The number of nitrogens with one attached hydrogen (secondary N) is 2. The third kappa shape index (κ3) is 87.0. The van der Waals surface area contributed by atoms with Gasteiger partial charge in [-0.1, -0.05) is 62.3 Å². The molecule has 0 unspecified atom stereocenters. The van der Waals surface area contributed by atoms with Crippen LogP contribution in [0.1, 0.15) is 62.3 Å². The molecule has 0 radical (unpaired) electrons. The van der Waals surface area contributed by atoms with E-state index in [-0.39, 0.29) is 17.8 Å². The second-order valence-corrected chi connectivity index (χ2v) is 6.88. The van der Waals surface area contributed by atoms with E-state index in [1.807, 2.05) is 58.9 Å². The molecule has 0 spiro atoms. The van der Waals surface area contributed by atoms with E-state index in [0.29, 0.717) is 11.1 Å². The average Bonchev–Trinajstić information content (AvgIpc) is 2.96. The standard InChI is InChI=1S/C5H9NO.C5H8O2.C5H10.C4H7NO.C4H6O2.2C4H8/c1-4(2)5(7)6-3;1-4(2)5(6)7-3;1-4-5(2)3;1-3-4(6)5-2;1-3-4(5)6-2;2*1-3-4-2/h1H2,2-3H3,(H,6,7);1H2,2-3H3;4H,1-3H3;3H,1H2,2H3,(H,5,6);3H,1H2,2H3;2*3-4H,1-2H3/b;;;;;2*4-3-. The molecule has 0 aliphatic rings. The summed E-state index contributed by atoms with van der Waals surface area (Å²) in [6.45, 7) is 30.6. The van der Waals surface area contributed by atoms with Crippen molar-refractivity contribution in [3.05, 3.63) is 85.6 Å². The van der Waals surface area contributed by atoms with Gasteiger partial charge in [-0.15, -0.1) is 0 Å². The fourth-order valence-corrected chi connectivity index (χ4v) is 0.573. The SMILES string of the molecule is C/C=C\C.C/C=C\C.C=C(C)C(=O)NC.C=C(C)C(=O)OC.C=CC(=O)NC.C=CC(=O)OC.CC=C(C)C. The maximum atomic E-state index is 10.3. The maximum absolute atomic E-state index is 10.3. The zero-order chi connectivity index (χ0) is 32.8. The minimum Gasteiger partial charge on any atom is -0.466 e. The Kier molecular flexibility index (Phi) is 62.6. The molecule has 0 aliphatic heterocycles. The molecule has 0 bridgehead atoms. The second kappa shape index (κ2) is 47.3. The second-order valence-electron chi connectivity index (χ2n) is 6.88. The van der Waals surface area contributed by atoms with Gasteiger partial charge in [0.05, 0.1) is 14.2 Å². The molecule has 2 amide bonds. The summed E-state index contributed by atoms with van der Waals surface area (Å²) in [5.74, 6) is -0.981. The third-order valence-electron chi connectivity index (χ3n) is 3.19. The molecule has 39 heavy (non-hydrogen) atoms. The molecule has 0 aromatic carbocycles. The van der Waals surface area contributed by atoms with E-state index in [0.717, 1.165) is 6.08 Å². The minimum atomic E-state index is -0.394. The minimum absolute atomic E-state index is 0.0972. The first-order valence-electron chi connectivity index (χ1n) is 12.0. The largest absolute Gasteiger partial charge is 0.466 e. The number of carbonyl (C=O) groups excluding carboxylic acids is 4. The van der Waals surface area contributed by atoms with E-state index in [4.69, 9.17) is 0 Å². The normalized spacial score (nSPS) is 7.72. The molecular formula is C31H56N2O6. The number of hydrogen-bond acceptors (Lipinski definition) is 6. The van der Waals surface area contributed by atoms with Gasteiger partial charge in [0.15, 0.2) is 0 Å². The zero-order valence-electron chi connectivity index (χ0n) is 26.8. The van der Waals surface area contributed by atoms with Crippen LogP contribution in [0.5, 0.6) is 0 Å². The fraction of sp³-hybridized carbons (Fsp3) is 0.419. The van der Waals surface area contributed by atoms with Gasteiger partial charge in [0.2, 0.25) is 11.8 Å². The van der Waals surface area contributed by atoms with Crippen LogP contribution in [0.4, 0.5) is 0 Å². The van der Waals surface area contributed by atoms with Crippen molar-refractivity contribution in [1.29, 1.82) is 0 Å². The van der Waals surface area contributed by atoms with E-state index in [1.165, 1.54) is 25.9 Å². The number of carbonyl (C=O) groups is 4. The van der Waals surface area contributed by atoms with Crippen molar-refractivity contribution < 1.29 is 28.7 Å². The third-order valence-corrected chi connectivity index (χ3v) is 3.19. The van der Waals surface area contributed by atoms with Crippen LogP contribution in [0.3, 0.4) is 0 Å². The Bertz CT molecular complexity index is 693. The first-order chi connectivity index (χ1) is 18.1. The van der Waals surface area contributed by atoms with Gasteiger partial charge in [0.25, 0.3) is 0 Å². The van der Waals surface area contributed by atoms with Gasteiger partial charge in [-0.25, -0.2) is 9.59 Å². The van der Waals surface area contributed by atoms with Crippen LogP contribution in [-0.2, 0) is 28.7 Å². The molecule has 226 valence electrons. The first kappa shape index (κ1) is 51.7. The molecule has 0 heterocycles. The van der Waals surface area contributed by atoms with Crippen molar-refractivity contribution >= 4 is 23.8 Å². The fourth-order valence-electron chi connectivity index (χ4n) is 0.573. The summed E-state index contributed by atoms with van der Waals surface area (Å²) in [4.78, 5) is 40.3. The van der Waals surface area contributed by atoms with Crippen molar-refractivity contribution in [3.8, 4) is 0 Å². The van der Waals surface area contributed by atoms with Crippen LogP contribution in [0.2, 0.25) is 0 Å². The number of esters is 2. The summed E-state index contributed by atoms with van der Waals surface area (Å²) in [6.07, 6.45) is 12.4. The molecule has 0 saturated heterocycles. The van der Waals surface area contributed by atoms with Crippen molar-refractivity contribution in [2.75, 3.05) is 28.3 Å². The smallest absolute Gasteiger partial charge is 0.332 e. The number of rotatable bonds is 4. The highest BCUT2D eigenvalue weighted by Crippen LogP contribution is 1.87. The lowest BCUT2D eigenvalue weighted by Gasteiger charge is -1.91. The summed E-state index contributed by atoms with van der Waals surface area (Å²) in [5.41, 5.74) is 2.36. The van der Waals surface area contributed by atoms with Gasteiger partial charge in [0, 0.05) is 31.3 Å². The quantitative estimate of drug-likeness (QED) is 0.236. The van der Waals surface area contributed by atoms with Crippen molar-refractivity contribution in [3.63, 3.8) is 0 Å². The molecule has 0 saturated carbocycles. The van der Waals surface area contributed by atoms with Gasteiger partial charge in [-0.05, 0) is 68.4 Å². The Labute approximate surface area is 239 Å². The number of methoxy groups -OCH3 is 2. The number of likely N-dealkylation sites (N-methyl/N-ethyl adjacent to an activating group) is 2. The lowest BCUT2D eigenvalue weighted by molar-refractivity contribution is -0.136. The Morgan fingerprint density at radius 1 is 0.641 bits per heavy atom. The Balaban J connectivity index is -0.0000000619. The molecule has 0 fully saturated rings. The predicted octanol–water partition coefficient (Wildman–Crippen LogP) is 6.45.